The molecule has 2 aliphatic carbocycles. The van der Waals surface area contributed by atoms with Gasteiger partial charge in [-0.25, -0.2) is 0 Å². The van der Waals surface area contributed by atoms with Crippen LogP contribution in [0.15, 0.2) is 4.52 Å². The van der Waals surface area contributed by atoms with Gasteiger partial charge in [0.2, 0.25) is 11.7 Å². The van der Waals surface area contributed by atoms with E-state index < -0.39 is 0 Å². The molecule has 2 fully saturated rings. The van der Waals surface area contributed by atoms with Gasteiger partial charge >= 0.3 is 0 Å². The van der Waals surface area contributed by atoms with E-state index >= 15 is 0 Å². The predicted molar refractivity (Wildman–Crippen MR) is 79.7 cm³/mol. The van der Waals surface area contributed by atoms with Gasteiger partial charge in [0.25, 0.3) is 0 Å². The Morgan fingerprint density at radius 1 is 1.29 bits per heavy atom. The average Bonchev–Trinajstić information content (AvgIpc) is 3.18. The monoisotopic (exact) mass is 293 g/mol. The fourth-order valence-electron chi connectivity index (χ4n) is 3.15. The van der Waals surface area contributed by atoms with Crippen molar-refractivity contribution >= 4 is 0 Å². The van der Waals surface area contributed by atoms with Crippen molar-refractivity contribution in [3.05, 3.63) is 11.7 Å². The first-order valence-corrected chi connectivity index (χ1v) is 8.39. The van der Waals surface area contributed by atoms with Gasteiger partial charge in [0.1, 0.15) is 5.60 Å². The van der Waals surface area contributed by atoms with Crippen LogP contribution in [-0.2, 0) is 16.9 Å². The lowest BCUT2D eigenvalue weighted by Crippen LogP contribution is -2.35. The van der Waals surface area contributed by atoms with Gasteiger partial charge in [-0.3, -0.25) is 0 Å². The molecule has 21 heavy (non-hydrogen) atoms. The fraction of sp³-hybridized carbons (Fsp3) is 0.875. The number of hydrogen-bond donors (Lipinski definition) is 1. The van der Waals surface area contributed by atoms with Crippen LogP contribution in [0, 0.1) is 11.8 Å². The minimum absolute atomic E-state index is 0.320. The topological polar surface area (TPSA) is 60.2 Å². The Morgan fingerprint density at radius 2 is 2.05 bits per heavy atom. The summed E-state index contributed by atoms with van der Waals surface area (Å²) in [4.78, 5) is 4.60. The van der Waals surface area contributed by atoms with Crippen LogP contribution in [0.25, 0.3) is 0 Å². The molecule has 2 saturated carbocycles. The lowest BCUT2D eigenvalue weighted by Gasteiger charge is -2.36. The molecule has 0 aromatic carbocycles. The second-order valence-corrected chi connectivity index (χ2v) is 6.70. The highest BCUT2D eigenvalue weighted by molar-refractivity contribution is 5.04. The molecule has 0 spiro atoms. The normalized spacial score (nSPS) is 29.7. The lowest BCUT2D eigenvalue weighted by molar-refractivity contribution is -0.0847. The van der Waals surface area contributed by atoms with E-state index in [1.165, 1.54) is 25.7 Å². The Hall–Kier alpha value is -0.940. The van der Waals surface area contributed by atoms with E-state index in [2.05, 4.69) is 22.4 Å². The van der Waals surface area contributed by atoms with E-state index in [9.17, 15) is 0 Å². The Balaban J connectivity index is 1.63. The maximum Gasteiger partial charge on any atom is 0.240 e. The molecule has 1 heterocycles. The van der Waals surface area contributed by atoms with E-state index in [4.69, 9.17) is 9.26 Å². The largest absolute Gasteiger partial charge is 0.367 e. The molecule has 0 unspecified atom stereocenters. The third-order valence-electron chi connectivity index (χ3n) is 4.78. The second kappa shape index (κ2) is 6.44. The molecule has 3 rings (SSSR count). The van der Waals surface area contributed by atoms with Crippen molar-refractivity contribution in [3.63, 3.8) is 0 Å². The van der Waals surface area contributed by atoms with Crippen molar-refractivity contribution in [2.75, 3.05) is 13.2 Å². The van der Waals surface area contributed by atoms with E-state index in [1.54, 1.807) is 0 Å². The van der Waals surface area contributed by atoms with Gasteiger partial charge < -0.3 is 14.6 Å². The lowest BCUT2D eigenvalue weighted by atomic mass is 9.79. The quantitative estimate of drug-likeness (QED) is 0.837. The van der Waals surface area contributed by atoms with Crippen molar-refractivity contribution in [1.29, 1.82) is 0 Å². The molecule has 0 atom stereocenters. The molecule has 5 nitrogen and oxygen atoms in total. The Bertz CT molecular complexity index is 448. The molecular weight excluding hydrogens is 266 g/mol. The maximum atomic E-state index is 6.07. The molecule has 0 amide bonds. The molecule has 118 valence electrons. The van der Waals surface area contributed by atoms with E-state index in [-0.39, 0.29) is 5.60 Å². The summed E-state index contributed by atoms with van der Waals surface area (Å²) in [5.41, 5.74) is -0.320. The summed E-state index contributed by atoms with van der Waals surface area (Å²) in [5, 5.41) is 7.61. The second-order valence-electron chi connectivity index (χ2n) is 6.70. The first kappa shape index (κ1) is 15.0. The molecule has 1 aromatic rings. The van der Waals surface area contributed by atoms with E-state index in [0.29, 0.717) is 19.0 Å². The van der Waals surface area contributed by atoms with Gasteiger partial charge in [0, 0.05) is 6.61 Å². The highest BCUT2D eigenvalue weighted by atomic mass is 16.5. The molecule has 5 heteroatoms. The van der Waals surface area contributed by atoms with Crippen molar-refractivity contribution in [2.24, 2.45) is 11.8 Å². The SMILES string of the molecule is CCOC1(c2noc(CNCC3CC3)n2)CCC(C)CC1. The van der Waals surface area contributed by atoms with E-state index in [1.807, 2.05) is 6.92 Å². The molecule has 0 saturated heterocycles. The molecule has 0 aliphatic heterocycles. The molecular formula is C16H27N3O2. The highest BCUT2D eigenvalue weighted by Crippen LogP contribution is 2.41. The first-order valence-electron chi connectivity index (χ1n) is 8.39. The van der Waals surface area contributed by atoms with Gasteiger partial charge in [-0.1, -0.05) is 12.1 Å². The van der Waals surface area contributed by atoms with Crippen molar-refractivity contribution < 1.29 is 9.26 Å². The van der Waals surface area contributed by atoms with Gasteiger partial charge in [-0.05, 0) is 63.8 Å². The summed E-state index contributed by atoms with van der Waals surface area (Å²) in [6.45, 7) is 6.77. The molecule has 0 bridgehead atoms. The van der Waals surface area contributed by atoms with Gasteiger partial charge in [0.05, 0.1) is 6.54 Å². The van der Waals surface area contributed by atoms with Crippen molar-refractivity contribution in [3.8, 4) is 0 Å². The summed E-state index contributed by atoms with van der Waals surface area (Å²) >= 11 is 0. The Labute approximate surface area is 126 Å². The third-order valence-corrected chi connectivity index (χ3v) is 4.78. The van der Waals surface area contributed by atoms with Crippen LogP contribution in [0.3, 0.4) is 0 Å². The molecule has 0 radical (unpaired) electrons. The number of nitrogens with zero attached hydrogens (tertiary/aromatic N) is 2. The van der Waals surface area contributed by atoms with E-state index in [0.717, 1.165) is 37.0 Å². The van der Waals surface area contributed by atoms with Crippen molar-refractivity contribution in [2.45, 2.75) is 64.5 Å². The van der Waals surface area contributed by atoms with Crippen LogP contribution in [0.2, 0.25) is 0 Å². The Kier molecular flexibility index (Phi) is 4.60. The van der Waals surface area contributed by atoms with Crippen LogP contribution in [-0.4, -0.2) is 23.3 Å². The molecule has 1 aromatic heterocycles. The number of hydrogen-bond acceptors (Lipinski definition) is 5. The predicted octanol–water partition coefficient (Wildman–Crippen LogP) is 3.01. The van der Waals surface area contributed by atoms with Crippen LogP contribution in [0.4, 0.5) is 0 Å². The summed E-state index contributed by atoms with van der Waals surface area (Å²) in [6, 6.07) is 0. The highest BCUT2D eigenvalue weighted by Gasteiger charge is 2.40. The van der Waals surface area contributed by atoms with Gasteiger partial charge in [-0.2, -0.15) is 4.98 Å². The zero-order valence-electron chi connectivity index (χ0n) is 13.2. The maximum absolute atomic E-state index is 6.07. The Morgan fingerprint density at radius 3 is 2.71 bits per heavy atom. The zero-order valence-corrected chi connectivity index (χ0v) is 13.2. The van der Waals surface area contributed by atoms with Gasteiger partial charge in [-0.15, -0.1) is 0 Å². The molecule has 1 N–H and O–H groups in total. The van der Waals surface area contributed by atoms with Gasteiger partial charge in [0.15, 0.2) is 0 Å². The number of aromatic nitrogens is 2. The number of ether oxygens (including phenoxy) is 1. The minimum atomic E-state index is -0.320. The van der Waals surface area contributed by atoms with Crippen LogP contribution >= 0.6 is 0 Å². The summed E-state index contributed by atoms with van der Waals surface area (Å²) in [7, 11) is 0. The van der Waals surface area contributed by atoms with Crippen LogP contribution in [0.5, 0.6) is 0 Å². The summed E-state index contributed by atoms with van der Waals surface area (Å²) < 4.78 is 11.5. The first-order chi connectivity index (χ1) is 10.2. The molecule has 2 aliphatic rings. The summed E-state index contributed by atoms with van der Waals surface area (Å²) in [6.07, 6.45) is 7.04. The minimum Gasteiger partial charge on any atom is -0.367 e. The average molecular weight is 293 g/mol. The van der Waals surface area contributed by atoms with Crippen LogP contribution < -0.4 is 5.32 Å². The zero-order chi connectivity index (χ0) is 14.7. The third kappa shape index (κ3) is 3.64. The van der Waals surface area contributed by atoms with Crippen LogP contribution in [0.1, 0.15) is 64.1 Å². The standard InChI is InChI=1S/C16H27N3O2/c1-3-20-16(8-6-12(2)7-9-16)15-18-14(21-19-15)11-17-10-13-4-5-13/h12-13,17H,3-11H2,1-2H3. The number of nitrogens with one attached hydrogen (secondary N) is 1. The fourth-order valence-corrected chi connectivity index (χ4v) is 3.15. The summed E-state index contributed by atoms with van der Waals surface area (Å²) in [5.74, 6) is 3.06. The van der Waals surface area contributed by atoms with Crippen molar-refractivity contribution in [1.82, 2.24) is 15.5 Å². The number of rotatable bonds is 7. The smallest absolute Gasteiger partial charge is 0.240 e.